The number of hydrogen-bond donors (Lipinski definition) is 2. The van der Waals surface area contributed by atoms with E-state index in [0.29, 0.717) is 11.4 Å². The van der Waals surface area contributed by atoms with Gasteiger partial charge in [-0.1, -0.05) is 0 Å². The number of nitrogens with two attached hydrogens (primary N) is 1. The highest BCUT2D eigenvalue weighted by Crippen LogP contribution is 2.17. The van der Waals surface area contributed by atoms with Crippen molar-refractivity contribution in [3.05, 3.63) is 36.2 Å². The number of benzene rings is 1. The van der Waals surface area contributed by atoms with Gasteiger partial charge in [0.15, 0.2) is 0 Å². The van der Waals surface area contributed by atoms with Crippen LogP contribution < -0.4 is 10.5 Å². The van der Waals surface area contributed by atoms with Gasteiger partial charge in [-0.25, -0.2) is 0 Å². The normalized spacial score (nSPS) is 10.1. The Morgan fingerprint density at radius 1 is 1.33 bits per heavy atom. The van der Waals surface area contributed by atoms with E-state index >= 15 is 0 Å². The first-order valence-electron chi connectivity index (χ1n) is 4.36. The number of phenolic OH excluding ortho intramolecular Hbond substituents is 1. The highest BCUT2D eigenvalue weighted by Gasteiger charge is 2.01. The van der Waals surface area contributed by atoms with Gasteiger partial charge < -0.3 is 20.0 Å². The van der Waals surface area contributed by atoms with Crippen LogP contribution in [-0.4, -0.2) is 10.1 Å². The number of anilines is 1. The van der Waals surface area contributed by atoms with E-state index in [1.54, 1.807) is 24.3 Å². The third-order valence-corrected chi connectivity index (χ3v) is 1.79. The van der Waals surface area contributed by atoms with Gasteiger partial charge in [0.2, 0.25) is 0 Å². The van der Waals surface area contributed by atoms with Crippen LogP contribution in [0.5, 0.6) is 11.5 Å². The van der Waals surface area contributed by atoms with Crippen LogP contribution in [0.15, 0.2) is 34.9 Å². The smallest absolute Gasteiger partial charge is 0.292 e. The molecule has 0 atom stereocenters. The minimum absolute atomic E-state index is 0.124. The Bertz CT molecular complexity index is 436. The maximum Gasteiger partial charge on any atom is 0.292 e. The van der Waals surface area contributed by atoms with E-state index in [9.17, 15) is 0 Å². The van der Waals surface area contributed by atoms with Crippen LogP contribution in [0.25, 0.3) is 0 Å². The summed E-state index contributed by atoms with van der Waals surface area (Å²) in [6.07, 6.45) is 1.44. The lowest BCUT2D eigenvalue weighted by Gasteiger charge is -2.02. The van der Waals surface area contributed by atoms with Crippen molar-refractivity contribution in [1.82, 2.24) is 4.98 Å². The van der Waals surface area contributed by atoms with E-state index in [2.05, 4.69) is 4.98 Å². The van der Waals surface area contributed by atoms with E-state index in [-0.39, 0.29) is 18.4 Å². The van der Waals surface area contributed by atoms with Gasteiger partial charge in [-0.15, -0.1) is 0 Å². The summed E-state index contributed by atoms with van der Waals surface area (Å²) in [5.41, 5.74) is 5.93. The second-order valence-corrected chi connectivity index (χ2v) is 2.96. The van der Waals surface area contributed by atoms with E-state index in [1.165, 1.54) is 6.26 Å². The molecule has 0 radical (unpaired) electrons. The van der Waals surface area contributed by atoms with Gasteiger partial charge in [-0.2, -0.15) is 4.98 Å². The first kappa shape index (κ1) is 9.39. The van der Waals surface area contributed by atoms with E-state index in [1.807, 2.05) is 0 Å². The van der Waals surface area contributed by atoms with Crippen molar-refractivity contribution in [3.63, 3.8) is 0 Å². The second kappa shape index (κ2) is 3.91. The standard InChI is InChI=1S/C10H10N2O3/c11-10-12-7(6-15-10)5-14-9-3-1-8(13)2-4-9/h1-4,6,13H,5H2,(H2,11,12). The molecule has 0 aliphatic rings. The lowest BCUT2D eigenvalue weighted by molar-refractivity contribution is 0.300. The fraction of sp³-hybridized carbons (Fsp3) is 0.100. The zero-order valence-electron chi connectivity index (χ0n) is 7.88. The molecule has 0 amide bonds. The first-order chi connectivity index (χ1) is 7.24. The van der Waals surface area contributed by atoms with E-state index in [0.717, 1.165) is 0 Å². The Balaban J connectivity index is 1.96. The predicted molar refractivity (Wildman–Crippen MR) is 53.4 cm³/mol. The second-order valence-electron chi connectivity index (χ2n) is 2.96. The molecule has 15 heavy (non-hydrogen) atoms. The molecule has 1 aromatic heterocycles. The Labute approximate surface area is 86.1 Å². The number of hydrogen-bond acceptors (Lipinski definition) is 5. The van der Waals surface area contributed by atoms with E-state index in [4.69, 9.17) is 20.0 Å². The van der Waals surface area contributed by atoms with Gasteiger partial charge in [0, 0.05) is 0 Å². The number of aromatic hydroxyl groups is 1. The molecule has 2 aromatic rings. The molecule has 0 fully saturated rings. The third-order valence-electron chi connectivity index (χ3n) is 1.79. The van der Waals surface area contributed by atoms with Gasteiger partial charge >= 0.3 is 0 Å². The molecule has 5 heteroatoms. The Hall–Kier alpha value is -2.17. The fourth-order valence-electron chi connectivity index (χ4n) is 1.09. The number of ether oxygens (including phenoxy) is 1. The molecule has 2 rings (SSSR count). The number of phenols is 1. The maximum atomic E-state index is 9.05. The summed E-state index contributed by atoms with van der Waals surface area (Å²) in [6, 6.07) is 6.55. The SMILES string of the molecule is Nc1nc(COc2ccc(O)cc2)co1. The molecule has 0 aliphatic carbocycles. The molecule has 5 nitrogen and oxygen atoms in total. The summed E-state index contributed by atoms with van der Waals surface area (Å²) in [5, 5.41) is 9.05. The van der Waals surface area contributed by atoms with Crippen LogP contribution in [-0.2, 0) is 6.61 Å². The number of rotatable bonds is 3. The van der Waals surface area contributed by atoms with Crippen LogP contribution in [0.4, 0.5) is 6.01 Å². The van der Waals surface area contributed by atoms with Gasteiger partial charge in [-0.3, -0.25) is 0 Å². The minimum atomic E-state index is 0.124. The largest absolute Gasteiger partial charge is 0.508 e. The molecular formula is C10H10N2O3. The van der Waals surface area contributed by atoms with Gasteiger partial charge in [0.25, 0.3) is 6.01 Å². The fourth-order valence-corrected chi connectivity index (χ4v) is 1.09. The summed E-state index contributed by atoms with van der Waals surface area (Å²) in [7, 11) is 0. The Morgan fingerprint density at radius 2 is 2.07 bits per heavy atom. The Morgan fingerprint density at radius 3 is 2.67 bits per heavy atom. The van der Waals surface area contributed by atoms with E-state index < -0.39 is 0 Å². The lowest BCUT2D eigenvalue weighted by atomic mass is 10.3. The molecule has 0 spiro atoms. The van der Waals surface area contributed by atoms with Crippen molar-refractivity contribution in [2.75, 3.05) is 5.73 Å². The quantitative estimate of drug-likeness (QED) is 0.796. The summed E-state index contributed by atoms with van der Waals surface area (Å²) in [4.78, 5) is 3.88. The number of nitrogen functional groups attached to an aromatic ring is 1. The van der Waals surface area contributed by atoms with Crippen molar-refractivity contribution in [1.29, 1.82) is 0 Å². The highest BCUT2D eigenvalue weighted by molar-refractivity contribution is 5.30. The van der Waals surface area contributed by atoms with Crippen LogP contribution in [0.3, 0.4) is 0 Å². The summed E-state index contributed by atoms with van der Waals surface area (Å²) in [6.45, 7) is 0.283. The molecular weight excluding hydrogens is 196 g/mol. The molecule has 78 valence electrons. The highest BCUT2D eigenvalue weighted by atomic mass is 16.5. The van der Waals surface area contributed by atoms with Crippen LogP contribution >= 0.6 is 0 Å². The topological polar surface area (TPSA) is 81.5 Å². The first-order valence-corrected chi connectivity index (χ1v) is 4.36. The van der Waals surface area contributed by atoms with Gasteiger partial charge in [0.1, 0.15) is 30.1 Å². The lowest BCUT2D eigenvalue weighted by Crippen LogP contribution is -1.95. The molecule has 0 aliphatic heterocycles. The number of aromatic nitrogens is 1. The van der Waals surface area contributed by atoms with Gasteiger partial charge in [0.05, 0.1) is 0 Å². The van der Waals surface area contributed by atoms with Crippen LogP contribution in [0, 0.1) is 0 Å². The summed E-state index contributed by atoms with van der Waals surface area (Å²) < 4.78 is 10.2. The number of nitrogens with zero attached hydrogens (tertiary/aromatic N) is 1. The van der Waals surface area contributed by atoms with Crippen molar-refractivity contribution >= 4 is 6.01 Å². The molecule has 1 aromatic carbocycles. The maximum absolute atomic E-state index is 9.05. The summed E-state index contributed by atoms with van der Waals surface area (Å²) in [5.74, 6) is 0.849. The monoisotopic (exact) mass is 206 g/mol. The third kappa shape index (κ3) is 2.40. The van der Waals surface area contributed by atoms with Crippen LogP contribution in [0.1, 0.15) is 5.69 Å². The predicted octanol–water partition coefficient (Wildman–Crippen LogP) is 1.54. The molecule has 3 N–H and O–H groups in total. The average molecular weight is 206 g/mol. The zero-order valence-corrected chi connectivity index (χ0v) is 7.88. The molecule has 0 bridgehead atoms. The molecule has 1 heterocycles. The van der Waals surface area contributed by atoms with Crippen molar-refractivity contribution in [3.8, 4) is 11.5 Å². The van der Waals surface area contributed by atoms with Crippen LogP contribution in [0.2, 0.25) is 0 Å². The van der Waals surface area contributed by atoms with Crippen molar-refractivity contribution < 1.29 is 14.3 Å². The minimum Gasteiger partial charge on any atom is -0.508 e. The molecule has 0 saturated heterocycles. The molecule has 0 saturated carbocycles. The summed E-state index contributed by atoms with van der Waals surface area (Å²) >= 11 is 0. The number of oxazole rings is 1. The van der Waals surface area contributed by atoms with Crippen molar-refractivity contribution in [2.24, 2.45) is 0 Å². The van der Waals surface area contributed by atoms with Crippen molar-refractivity contribution in [2.45, 2.75) is 6.61 Å². The average Bonchev–Trinajstić information content (AvgIpc) is 2.64. The molecule has 0 unspecified atom stereocenters. The zero-order chi connectivity index (χ0) is 10.7. The Kier molecular flexibility index (Phi) is 2.45. The van der Waals surface area contributed by atoms with Gasteiger partial charge in [-0.05, 0) is 24.3 Å².